The van der Waals surface area contributed by atoms with Crippen LogP contribution in [-0.2, 0) is 12.8 Å². The van der Waals surface area contributed by atoms with Gasteiger partial charge in [-0.2, -0.15) is 0 Å². The van der Waals surface area contributed by atoms with E-state index >= 15 is 0 Å². The van der Waals surface area contributed by atoms with Gasteiger partial charge in [-0.1, -0.05) is 6.58 Å². The molecule has 0 saturated carbocycles. The highest BCUT2D eigenvalue weighted by Crippen LogP contribution is 2.49. The summed E-state index contributed by atoms with van der Waals surface area (Å²) in [6, 6.07) is 7.48. The predicted octanol–water partition coefficient (Wildman–Crippen LogP) is 3.23. The molecule has 2 heterocycles. The van der Waals surface area contributed by atoms with Crippen LogP contribution in [-0.4, -0.2) is 43.9 Å². The first-order chi connectivity index (χ1) is 14.5. The number of ether oxygens (including phenoxy) is 4. The van der Waals surface area contributed by atoms with Gasteiger partial charge in [0.1, 0.15) is 23.7 Å². The van der Waals surface area contributed by atoms with Crippen molar-refractivity contribution >= 4 is 5.78 Å². The Hall–Kier alpha value is -2.99. The lowest BCUT2D eigenvalue weighted by molar-refractivity contribution is 0.0745. The molecule has 3 atom stereocenters. The zero-order valence-corrected chi connectivity index (χ0v) is 17.1. The molecule has 0 bridgehead atoms. The van der Waals surface area contributed by atoms with Crippen LogP contribution in [0.25, 0.3) is 0 Å². The maximum atomic E-state index is 13.6. The summed E-state index contributed by atoms with van der Waals surface area (Å²) in [5.41, 5.74) is 4.13. The fourth-order valence-corrected chi connectivity index (χ4v) is 4.82. The van der Waals surface area contributed by atoms with E-state index in [9.17, 15) is 9.90 Å². The highest BCUT2D eigenvalue weighted by molar-refractivity contribution is 6.05. The number of aliphatic hydroxyl groups is 1. The Kier molecular flexibility index (Phi) is 4.47. The summed E-state index contributed by atoms with van der Waals surface area (Å²) in [5, 5.41) is 9.40. The molecule has 3 aliphatic rings. The summed E-state index contributed by atoms with van der Waals surface area (Å²) in [6.07, 6.45) is 1.56. The maximum Gasteiger partial charge on any atom is 0.177 e. The fourth-order valence-electron chi connectivity index (χ4n) is 4.82. The molecule has 0 fully saturated rings. The summed E-state index contributed by atoms with van der Waals surface area (Å²) < 4.78 is 23.3. The molecule has 6 heteroatoms. The number of carbonyl (C=O) groups is 1. The van der Waals surface area contributed by atoms with Gasteiger partial charge in [0, 0.05) is 12.0 Å². The molecule has 0 spiro atoms. The molecule has 6 nitrogen and oxygen atoms in total. The lowest BCUT2D eigenvalue weighted by Gasteiger charge is -2.38. The quantitative estimate of drug-likeness (QED) is 0.783. The van der Waals surface area contributed by atoms with Crippen molar-refractivity contribution in [3.63, 3.8) is 0 Å². The molecular weight excluding hydrogens is 384 g/mol. The first-order valence-electron chi connectivity index (χ1n) is 10.1. The van der Waals surface area contributed by atoms with E-state index in [0.29, 0.717) is 40.6 Å². The molecule has 1 N–H and O–H groups in total. The summed E-state index contributed by atoms with van der Waals surface area (Å²) >= 11 is 0. The van der Waals surface area contributed by atoms with Crippen molar-refractivity contribution in [3.8, 4) is 23.0 Å². The van der Waals surface area contributed by atoms with E-state index in [1.807, 2.05) is 18.2 Å². The van der Waals surface area contributed by atoms with E-state index in [1.54, 1.807) is 20.3 Å². The molecule has 156 valence electrons. The number of methoxy groups -OCH3 is 2. The standard InChI is InChI=1S/C24H24O6/c1-12(11-25)19-10-16-17(29-19)7-5-14-23(26)22-15-9-21(28-3)20(27-2)8-13(15)4-6-18(22)30-24(14)16/h5,7-9,18-19,22,25H,1,4,6,10-11H2,2-3H3/t18-,19-,22+/m1/s1. The Labute approximate surface area is 175 Å². The maximum absolute atomic E-state index is 13.6. The van der Waals surface area contributed by atoms with Gasteiger partial charge in [0.15, 0.2) is 17.3 Å². The van der Waals surface area contributed by atoms with Gasteiger partial charge in [-0.05, 0) is 53.8 Å². The van der Waals surface area contributed by atoms with Gasteiger partial charge >= 0.3 is 0 Å². The molecule has 2 aromatic carbocycles. The zero-order valence-electron chi connectivity index (χ0n) is 17.1. The third-order valence-corrected chi connectivity index (χ3v) is 6.40. The molecule has 2 aliphatic heterocycles. The van der Waals surface area contributed by atoms with Crippen molar-refractivity contribution in [2.24, 2.45) is 0 Å². The molecular formula is C24H24O6. The predicted molar refractivity (Wildman–Crippen MR) is 110 cm³/mol. The van der Waals surface area contributed by atoms with Crippen molar-refractivity contribution < 1.29 is 28.8 Å². The molecule has 2 aromatic rings. The minimum absolute atomic E-state index is 0.0571. The number of carbonyl (C=O) groups excluding carboxylic acids is 1. The molecule has 0 radical (unpaired) electrons. The second kappa shape index (κ2) is 7.06. The van der Waals surface area contributed by atoms with Crippen LogP contribution in [0.5, 0.6) is 23.0 Å². The number of rotatable bonds is 4. The van der Waals surface area contributed by atoms with Crippen molar-refractivity contribution in [1.82, 2.24) is 0 Å². The number of aryl methyl sites for hydroxylation is 1. The van der Waals surface area contributed by atoms with E-state index in [2.05, 4.69) is 6.58 Å². The third kappa shape index (κ3) is 2.70. The second-order valence-electron chi connectivity index (χ2n) is 7.99. The minimum atomic E-state index is -0.371. The summed E-state index contributed by atoms with van der Waals surface area (Å²) in [7, 11) is 3.21. The number of fused-ring (bicyclic) bond motifs is 6. The first-order valence-corrected chi connectivity index (χ1v) is 10.1. The lowest BCUT2D eigenvalue weighted by Crippen LogP contribution is -2.39. The van der Waals surface area contributed by atoms with Gasteiger partial charge in [0.2, 0.25) is 0 Å². The molecule has 0 saturated heterocycles. The Bertz CT molecular complexity index is 1060. The highest BCUT2D eigenvalue weighted by Gasteiger charge is 2.44. The number of Topliss-reactive ketones (excluding diaryl/α,β-unsaturated/α-hetero) is 1. The Morgan fingerprint density at radius 2 is 1.97 bits per heavy atom. The van der Waals surface area contributed by atoms with Crippen molar-refractivity contribution in [3.05, 3.63) is 58.7 Å². The van der Waals surface area contributed by atoms with E-state index in [-0.39, 0.29) is 30.5 Å². The van der Waals surface area contributed by atoms with Crippen molar-refractivity contribution in [2.75, 3.05) is 20.8 Å². The SMILES string of the molecule is C=C(CO)[C@H]1Cc2c(ccc3c2O[C@@H]2CCc4cc(OC)c(OC)cc4[C@@H]2C3=O)O1. The molecule has 5 rings (SSSR count). The summed E-state index contributed by atoms with van der Waals surface area (Å²) in [6.45, 7) is 3.75. The lowest BCUT2D eigenvalue weighted by atomic mass is 9.74. The summed E-state index contributed by atoms with van der Waals surface area (Å²) in [5.74, 6) is 2.29. The minimum Gasteiger partial charge on any atom is -0.493 e. The van der Waals surface area contributed by atoms with Crippen molar-refractivity contribution in [1.29, 1.82) is 0 Å². The van der Waals surface area contributed by atoms with Gasteiger partial charge in [0.05, 0.1) is 32.3 Å². The van der Waals surface area contributed by atoms with Crippen LogP contribution >= 0.6 is 0 Å². The van der Waals surface area contributed by atoms with Crippen LogP contribution in [0, 0.1) is 0 Å². The van der Waals surface area contributed by atoms with Gasteiger partial charge in [-0.15, -0.1) is 0 Å². The number of hydrogen-bond donors (Lipinski definition) is 1. The number of ketones is 1. The van der Waals surface area contributed by atoms with Crippen LogP contribution in [0.1, 0.15) is 39.4 Å². The van der Waals surface area contributed by atoms with E-state index in [1.165, 1.54) is 0 Å². The molecule has 0 aromatic heterocycles. The van der Waals surface area contributed by atoms with Gasteiger partial charge < -0.3 is 24.1 Å². The Balaban J connectivity index is 1.56. The average Bonchev–Trinajstić information content (AvgIpc) is 3.22. The summed E-state index contributed by atoms with van der Waals surface area (Å²) in [4.78, 5) is 13.6. The molecule has 1 aliphatic carbocycles. The van der Waals surface area contributed by atoms with Crippen LogP contribution in [0.3, 0.4) is 0 Å². The van der Waals surface area contributed by atoms with Crippen LogP contribution in [0.4, 0.5) is 0 Å². The fraction of sp³-hybridized carbons (Fsp3) is 0.375. The Morgan fingerprint density at radius 1 is 1.20 bits per heavy atom. The highest BCUT2D eigenvalue weighted by atomic mass is 16.5. The van der Waals surface area contributed by atoms with E-state index in [4.69, 9.17) is 18.9 Å². The number of aliphatic hydroxyl groups excluding tert-OH is 1. The third-order valence-electron chi connectivity index (χ3n) is 6.40. The topological polar surface area (TPSA) is 74.2 Å². The zero-order chi connectivity index (χ0) is 21.0. The average molecular weight is 408 g/mol. The van der Waals surface area contributed by atoms with Gasteiger partial charge in [0.25, 0.3) is 0 Å². The molecule has 0 unspecified atom stereocenters. The van der Waals surface area contributed by atoms with Crippen LogP contribution < -0.4 is 18.9 Å². The van der Waals surface area contributed by atoms with Gasteiger partial charge in [-0.3, -0.25) is 4.79 Å². The van der Waals surface area contributed by atoms with E-state index < -0.39 is 0 Å². The van der Waals surface area contributed by atoms with Crippen LogP contribution in [0.15, 0.2) is 36.4 Å². The van der Waals surface area contributed by atoms with E-state index in [0.717, 1.165) is 29.5 Å². The van der Waals surface area contributed by atoms with Crippen molar-refractivity contribution in [2.45, 2.75) is 37.4 Å². The monoisotopic (exact) mass is 408 g/mol. The largest absolute Gasteiger partial charge is 0.493 e. The first kappa shape index (κ1) is 19.0. The Morgan fingerprint density at radius 3 is 2.70 bits per heavy atom. The number of benzene rings is 2. The number of hydrogen-bond acceptors (Lipinski definition) is 6. The van der Waals surface area contributed by atoms with Gasteiger partial charge in [-0.25, -0.2) is 0 Å². The molecule has 0 amide bonds. The smallest absolute Gasteiger partial charge is 0.177 e. The second-order valence-corrected chi connectivity index (χ2v) is 7.99. The van der Waals surface area contributed by atoms with Crippen LogP contribution in [0.2, 0.25) is 0 Å². The molecule has 30 heavy (non-hydrogen) atoms. The normalized spacial score (nSPS) is 23.3.